The lowest BCUT2D eigenvalue weighted by molar-refractivity contribution is -0.129. The molecule has 0 aliphatic heterocycles. The Labute approximate surface area is 86.7 Å². The van der Waals surface area contributed by atoms with Crippen LogP contribution in [-0.4, -0.2) is 24.4 Å². The summed E-state index contributed by atoms with van der Waals surface area (Å²) in [4.78, 5) is 13.1. The van der Waals surface area contributed by atoms with E-state index in [2.05, 4.69) is 6.92 Å². The van der Waals surface area contributed by atoms with Gasteiger partial charge in [0.2, 0.25) is 5.91 Å². The van der Waals surface area contributed by atoms with Crippen LogP contribution in [0.2, 0.25) is 0 Å². The second kappa shape index (κ2) is 8.55. The van der Waals surface area contributed by atoms with Crippen molar-refractivity contribution in [2.45, 2.75) is 45.4 Å². The lowest BCUT2D eigenvalue weighted by atomic mass is 10.1. The maximum absolute atomic E-state index is 11.4. The zero-order valence-electron chi connectivity index (χ0n) is 9.25. The fourth-order valence-corrected chi connectivity index (χ4v) is 1.24. The lowest BCUT2D eigenvalue weighted by Gasteiger charge is -2.14. The van der Waals surface area contributed by atoms with Gasteiger partial charge in [0.1, 0.15) is 0 Å². The van der Waals surface area contributed by atoms with Crippen LogP contribution in [0.25, 0.3) is 0 Å². The SMILES string of the molecule is CCCCCCC(=O)N(C)CCC#N. The molecule has 0 saturated carbocycles. The fraction of sp³-hybridized carbons (Fsp3) is 0.818. The molecular formula is C11H20N2O. The molecule has 0 spiro atoms. The fourth-order valence-electron chi connectivity index (χ4n) is 1.24. The number of amides is 1. The van der Waals surface area contributed by atoms with E-state index in [0.29, 0.717) is 19.4 Å². The number of nitrogens with zero attached hydrogens (tertiary/aromatic N) is 2. The molecule has 0 aliphatic carbocycles. The Kier molecular flexibility index (Phi) is 7.92. The molecule has 0 saturated heterocycles. The molecule has 0 aromatic heterocycles. The van der Waals surface area contributed by atoms with Gasteiger partial charge in [0.25, 0.3) is 0 Å². The quantitative estimate of drug-likeness (QED) is 0.586. The van der Waals surface area contributed by atoms with E-state index in [1.54, 1.807) is 11.9 Å². The van der Waals surface area contributed by atoms with Gasteiger partial charge in [-0.15, -0.1) is 0 Å². The molecule has 0 aliphatic rings. The molecule has 1 amide bonds. The van der Waals surface area contributed by atoms with Crippen molar-refractivity contribution >= 4 is 5.91 Å². The Balaban J connectivity index is 3.48. The van der Waals surface area contributed by atoms with Gasteiger partial charge in [-0.05, 0) is 6.42 Å². The van der Waals surface area contributed by atoms with Crippen LogP contribution >= 0.6 is 0 Å². The molecular weight excluding hydrogens is 176 g/mol. The van der Waals surface area contributed by atoms with Gasteiger partial charge >= 0.3 is 0 Å². The van der Waals surface area contributed by atoms with Gasteiger partial charge in [-0.2, -0.15) is 5.26 Å². The number of hydrogen-bond acceptors (Lipinski definition) is 2. The highest BCUT2D eigenvalue weighted by molar-refractivity contribution is 5.75. The van der Waals surface area contributed by atoms with Crippen molar-refractivity contribution < 1.29 is 4.79 Å². The highest BCUT2D eigenvalue weighted by Gasteiger charge is 2.06. The van der Waals surface area contributed by atoms with Crippen molar-refractivity contribution in [3.05, 3.63) is 0 Å². The number of unbranched alkanes of at least 4 members (excludes halogenated alkanes) is 3. The van der Waals surface area contributed by atoms with Crippen molar-refractivity contribution in [2.75, 3.05) is 13.6 Å². The molecule has 0 N–H and O–H groups in total. The van der Waals surface area contributed by atoms with Gasteiger partial charge in [-0.25, -0.2) is 0 Å². The Morgan fingerprint density at radius 2 is 2.07 bits per heavy atom. The summed E-state index contributed by atoms with van der Waals surface area (Å²) >= 11 is 0. The maximum atomic E-state index is 11.4. The first-order chi connectivity index (χ1) is 6.72. The molecule has 0 aromatic carbocycles. The van der Waals surface area contributed by atoms with Gasteiger partial charge in [-0.1, -0.05) is 26.2 Å². The molecule has 0 rings (SSSR count). The molecule has 0 atom stereocenters. The maximum Gasteiger partial charge on any atom is 0.222 e. The summed E-state index contributed by atoms with van der Waals surface area (Å²) in [6.07, 6.45) is 5.56. The number of hydrogen-bond donors (Lipinski definition) is 0. The Morgan fingerprint density at radius 3 is 2.64 bits per heavy atom. The molecule has 0 unspecified atom stereocenters. The minimum absolute atomic E-state index is 0.163. The van der Waals surface area contributed by atoms with E-state index in [0.717, 1.165) is 12.8 Å². The third-order valence-corrected chi connectivity index (χ3v) is 2.23. The van der Waals surface area contributed by atoms with Crippen LogP contribution in [0.4, 0.5) is 0 Å². The first-order valence-corrected chi connectivity index (χ1v) is 5.33. The van der Waals surface area contributed by atoms with E-state index in [4.69, 9.17) is 5.26 Å². The zero-order chi connectivity index (χ0) is 10.8. The van der Waals surface area contributed by atoms with Crippen LogP contribution in [0.5, 0.6) is 0 Å². The molecule has 0 radical (unpaired) electrons. The van der Waals surface area contributed by atoms with E-state index < -0.39 is 0 Å². The van der Waals surface area contributed by atoms with E-state index in [1.807, 2.05) is 6.07 Å². The van der Waals surface area contributed by atoms with Crippen LogP contribution in [0, 0.1) is 11.3 Å². The Bertz CT molecular complexity index is 196. The summed E-state index contributed by atoms with van der Waals surface area (Å²) in [5.41, 5.74) is 0. The average molecular weight is 196 g/mol. The van der Waals surface area contributed by atoms with Gasteiger partial charge in [0.05, 0.1) is 12.5 Å². The van der Waals surface area contributed by atoms with Crippen LogP contribution in [0.1, 0.15) is 45.4 Å². The van der Waals surface area contributed by atoms with Gasteiger partial charge in [-0.3, -0.25) is 4.79 Å². The Morgan fingerprint density at radius 1 is 1.36 bits per heavy atom. The van der Waals surface area contributed by atoms with E-state index >= 15 is 0 Å². The summed E-state index contributed by atoms with van der Waals surface area (Å²) in [6.45, 7) is 2.71. The molecule has 0 bridgehead atoms. The predicted molar refractivity (Wildman–Crippen MR) is 56.6 cm³/mol. The van der Waals surface area contributed by atoms with Crippen LogP contribution in [0.15, 0.2) is 0 Å². The number of nitriles is 1. The third-order valence-electron chi connectivity index (χ3n) is 2.23. The second-order valence-corrected chi connectivity index (χ2v) is 3.53. The summed E-state index contributed by atoms with van der Waals surface area (Å²) in [5, 5.41) is 8.35. The molecule has 0 heterocycles. The summed E-state index contributed by atoms with van der Waals surface area (Å²) in [7, 11) is 1.76. The van der Waals surface area contributed by atoms with Crippen molar-refractivity contribution in [1.29, 1.82) is 5.26 Å². The number of rotatable bonds is 7. The van der Waals surface area contributed by atoms with Crippen molar-refractivity contribution in [2.24, 2.45) is 0 Å². The first-order valence-electron chi connectivity index (χ1n) is 5.33. The normalized spacial score (nSPS) is 9.50. The average Bonchev–Trinajstić information content (AvgIpc) is 2.20. The van der Waals surface area contributed by atoms with Gasteiger partial charge in [0.15, 0.2) is 0 Å². The summed E-state index contributed by atoms with van der Waals surface area (Å²) < 4.78 is 0. The Hall–Kier alpha value is -1.04. The minimum atomic E-state index is 0.163. The van der Waals surface area contributed by atoms with Gasteiger partial charge < -0.3 is 4.90 Å². The second-order valence-electron chi connectivity index (χ2n) is 3.53. The highest BCUT2D eigenvalue weighted by atomic mass is 16.2. The van der Waals surface area contributed by atoms with E-state index in [9.17, 15) is 4.79 Å². The van der Waals surface area contributed by atoms with Crippen molar-refractivity contribution in [3.8, 4) is 6.07 Å². The van der Waals surface area contributed by atoms with Crippen LogP contribution < -0.4 is 0 Å². The smallest absolute Gasteiger partial charge is 0.222 e. The highest BCUT2D eigenvalue weighted by Crippen LogP contribution is 2.04. The van der Waals surface area contributed by atoms with Gasteiger partial charge in [0, 0.05) is 20.0 Å². The zero-order valence-corrected chi connectivity index (χ0v) is 9.25. The lowest BCUT2D eigenvalue weighted by Crippen LogP contribution is -2.27. The molecule has 80 valence electrons. The molecule has 0 fully saturated rings. The monoisotopic (exact) mass is 196 g/mol. The topological polar surface area (TPSA) is 44.1 Å². The molecule has 0 aromatic rings. The predicted octanol–water partition coefficient (Wildman–Crippen LogP) is 2.33. The molecule has 14 heavy (non-hydrogen) atoms. The first kappa shape index (κ1) is 13.0. The molecule has 3 nitrogen and oxygen atoms in total. The van der Waals surface area contributed by atoms with Crippen LogP contribution in [0.3, 0.4) is 0 Å². The van der Waals surface area contributed by atoms with Crippen molar-refractivity contribution in [3.63, 3.8) is 0 Å². The molecule has 3 heteroatoms. The van der Waals surface area contributed by atoms with Crippen LogP contribution in [-0.2, 0) is 4.79 Å². The standard InChI is InChI=1S/C11H20N2O/c1-3-4-5-6-8-11(14)13(2)10-7-9-12/h3-8,10H2,1-2H3. The van der Waals surface area contributed by atoms with Crippen molar-refractivity contribution in [1.82, 2.24) is 4.90 Å². The summed E-state index contributed by atoms with van der Waals surface area (Å²) in [6, 6.07) is 2.04. The number of carbonyl (C=O) groups excluding carboxylic acids is 1. The largest absolute Gasteiger partial charge is 0.345 e. The third kappa shape index (κ3) is 6.47. The van der Waals surface area contributed by atoms with E-state index in [1.165, 1.54) is 12.8 Å². The summed E-state index contributed by atoms with van der Waals surface area (Å²) in [5.74, 6) is 0.163. The number of carbonyl (C=O) groups is 1. The van der Waals surface area contributed by atoms with E-state index in [-0.39, 0.29) is 5.91 Å². The minimum Gasteiger partial charge on any atom is -0.345 e.